The predicted molar refractivity (Wildman–Crippen MR) is 87.6 cm³/mol. The van der Waals surface area contributed by atoms with Crippen LogP contribution >= 0.6 is 0 Å². The Morgan fingerprint density at radius 3 is 2.36 bits per heavy atom. The number of hydrogen-bond donors (Lipinski definition) is 4. The zero-order chi connectivity index (χ0) is 18.0. The summed E-state index contributed by atoms with van der Waals surface area (Å²) in [7, 11) is 0. The summed E-state index contributed by atoms with van der Waals surface area (Å²) in [6, 6.07) is 11.6. The van der Waals surface area contributed by atoms with Crippen LogP contribution in [0.3, 0.4) is 0 Å². The fraction of sp³-hybridized carbons (Fsp3) is 0. The van der Waals surface area contributed by atoms with Crippen LogP contribution in [-0.2, 0) is 0 Å². The SMILES string of the molecule is O=C(NNC(=O)c1c(O)c2ccccc2[nH]c1=O)c1ccccc1F. The number of hydrazine groups is 1. The normalized spacial score (nSPS) is 10.4. The van der Waals surface area contributed by atoms with Crippen molar-refractivity contribution >= 4 is 22.7 Å². The molecule has 8 heteroatoms. The second kappa shape index (κ2) is 6.44. The van der Waals surface area contributed by atoms with Gasteiger partial charge in [-0.15, -0.1) is 0 Å². The lowest BCUT2D eigenvalue weighted by molar-refractivity contribution is 0.0842. The number of halogens is 1. The Morgan fingerprint density at radius 1 is 0.960 bits per heavy atom. The van der Waals surface area contributed by atoms with Gasteiger partial charge in [-0.1, -0.05) is 24.3 Å². The molecule has 2 amide bonds. The molecule has 0 aliphatic heterocycles. The third kappa shape index (κ3) is 3.05. The van der Waals surface area contributed by atoms with Gasteiger partial charge in [-0.25, -0.2) is 4.39 Å². The number of para-hydroxylation sites is 1. The van der Waals surface area contributed by atoms with E-state index in [1.807, 2.05) is 10.9 Å². The predicted octanol–water partition coefficient (Wildman–Crippen LogP) is 1.45. The Hall–Kier alpha value is -3.68. The Morgan fingerprint density at radius 2 is 1.60 bits per heavy atom. The molecule has 1 aromatic heterocycles. The maximum atomic E-state index is 13.5. The van der Waals surface area contributed by atoms with Crippen molar-refractivity contribution in [2.45, 2.75) is 0 Å². The third-order valence-electron chi connectivity index (χ3n) is 3.53. The summed E-state index contributed by atoms with van der Waals surface area (Å²) in [5.41, 5.74) is 2.68. The van der Waals surface area contributed by atoms with E-state index in [9.17, 15) is 23.9 Å². The average molecular weight is 341 g/mol. The number of carbonyl (C=O) groups is 2. The highest BCUT2D eigenvalue weighted by molar-refractivity contribution is 6.03. The molecule has 3 aromatic rings. The molecule has 1 heterocycles. The maximum Gasteiger partial charge on any atom is 0.279 e. The highest BCUT2D eigenvalue weighted by Gasteiger charge is 2.20. The van der Waals surface area contributed by atoms with E-state index >= 15 is 0 Å². The third-order valence-corrected chi connectivity index (χ3v) is 3.53. The van der Waals surface area contributed by atoms with Gasteiger partial charge in [0.2, 0.25) is 0 Å². The number of aromatic hydroxyl groups is 1. The lowest BCUT2D eigenvalue weighted by Crippen LogP contribution is -2.43. The highest BCUT2D eigenvalue weighted by Crippen LogP contribution is 2.24. The molecule has 7 nitrogen and oxygen atoms in total. The molecule has 25 heavy (non-hydrogen) atoms. The van der Waals surface area contributed by atoms with Gasteiger partial charge in [0.15, 0.2) is 0 Å². The largest absolute Gasteiger partial charge is 0.506 e. The van der Waals surface area contributed by atoms with Gasteiger partial charge in [0.25, 0.3) is 17.4 Å². The molecule has 2 aromatic carbocycles. The van der Waals surface area contributed by atoms with Crippen molar-refractivity contribution < 1.29 is 19.1 Å². The van der Waals surface area contributed by atoms with Crippen molar-refractivity contribution in [1.82, 2.24) is 15.8 Å². The van der Waals surface area contributed by atoms with Gasteiger partial charge in [-0.3, -0.25) is 25.2 Å². The van der Waals surface area contributed by atoms with Crippen LogP contribution in [0, 0.1) is 5.82 Å². The molecule has 0 aliphatic carbocycles. The Labute approximate surface area is 140 Å². The average Bonchev–Trinajstić information content (AvgIpc) is 2.60. The van der Waals surface area contributed by atoms with E-state index < -0.39 is 34.5 Å². The summed E-state index contributed by atoms with van der Waals surface area (Å²) in [6.45, 7) is 0. The number of amides is 2. The van der Waals surface area contributed by atoms with Crippen LogP contribution in [0.4, 0.5) is 4.39 Å². The first-order valence-electron chi connectivity index (χ1n) is 7.18. The van der Waals surface area contributed by atoms with E-state index in [4.69, 9.17) is 0 Å². The van der Waals surface area contributed by atoms with Gasteiger partial charge in [0.05, 0.1) is 11.1 Å². The number of aromatic amines is 1. The van der Waals surface area contributed by atoms with E-state index in [-0.39, 0.29) is 10.9 Å². The van der Waals surface area contributed by atoms with E-state index in [0.29, 0.717) is 5.52 Å². The molecule has 0 fully saturated rings. The Balaban J connectivity index is 1.85. The van der Waals surface area contributed by atoms with Crippen molar-refractivity contribution in [3.63, 3.8) is 0 Å². The summed E-state index contributed by atoms with van der Waals surface area (Å²) < 4.78 is 13.5. The van der Waals surface area contributed by atoms with E-state index in [1.54, 1.807) is 18.2 Å². The topological polar surface area (TPSA) is 111 Å². The Kier molecular flexibility index (Phi) is 4.17. The fourth-order valence-corrected chi connectivity index (χ4v) is 2.33. The van der Waals surface area contributed by atoms with Crippen LogP contribution in [0.5, 0.6) is 5.75 Å². The summed E-state index contributed by atoms with van der Waals surface area (Å²) in [5, 5.41) is 10.4. The number of fused-ring (bicyclic) bond motifs is 1. The van der Waals surface area contributed by atoms with Crippen LogP contribution in [0.2, 0.25) is 0 Å². The second-order valence-electron chi connectivity index (χ2n) is 5.11. The van der Waals surface area contributed by atoms with Gasteiger partial charge in [-0.05, 0) is 24.3 Å². The lowest BCUT2D eigenvalue weighted by Gasteiger charge is -2.10. The second-order valence-corrected chi connectivity index (χ2v) is 5.11. The molecule has 0 spiro atoms. The van der Waals surface area contributed by atoms with E-state index in [2.05, 4.69) is 4.98 Å². The zero-order valence-corrected chi connectivity index (χ0v) is 12.7. The van der Waals surface area contributed by atoms with Crippen LogP contribution in [0.25, 0.3) is 10.9 Å². The molecule has 0 saturated heterocycles. The molecular weight excluding hydrogens is 329 g/mol. The van der Waals surface area contributed by atoms with Crippen molar-refractivity contribution in [3.05, 3.63) is 75.8 Å². The van der Waals surface area contributed by atoms with Gasteiger partial charge < -0.3 is 10.1 Å². The first kappa shape index (κ1) is 16.2. The first-order chi connectivity index (χ1) is 12.0. The number of H-pyrrole nitrogens is 1. The minimum atomic E-state index is -1.03. The van der Waals surface area contributed by atoms with Gasteiger partial charge in [-0.2, -0.15) is 0 Å². The maximum absolute atomic E-state index is 13.5. The van der Waals surface area contributed by atoms with Gasteiger partial charge in [0, 0.05) is 5.39 Å². The molecule has 0 bridgehead atoms. The first-order valence-corrected chi connectivity index (χ1v) is 7.18. The monoisotopic (exact) mass is 341 g/mol. The van der Waals surface area contributed by atoms with Crippen molar-refractivity contribution in [3.8, 4) is 5.75 Å². The van der Waals surface area contributed by atoms with E-state index in [1.165, 1.54) is 24.3 Å². The number of carbonyl (C=O) groups excluding carboxylic acids is 2. The number of rotatable bonds is 2. The lowest BCUT2D eigenvalue weighted by atomic mass is 10.1. The molecule has 0 saturated carbocycles. The minimum absolute atomic E-state index is 0.271. The van der Waals surface area contributed by atoms with Gasteiger partial charge in [0.1, 0.15) is 17.1 Å². The smallest absolute Gasteiger partial charge is 0.279 e. The van der Waals surface area contributed by atoms with E-state index in [0.717, 1.165) is 6.07 Å². The van der Waals surface area contributed by atoms with Crippen molar-refractivity contribution in [2.75, 3.05) is 0 Å². The molecule has 0 unspecified atom stereocenters. The standard InChI is InChI=1S/C17H12FN3O4/c18-11-7-3-1-5-9(11)15(23)20-21-17(25)13-14(22)10-6-2-4-8-12(10)19-16(13)24/h1-8H,(H,20,23)(H,21,25)(H2,19,22,24). The Bertz CT molecular complexity index is 1050. The zero-order valence-electron chi connectivity index (χ0n) is 12.7. The summed E-state index contributed by atoms with van der Waals surface area (Å²) in [5.74, 6) is -3.21. The molecular formula is C17H12FN3O4. The summed E-state index contributed by atoms with van der Waals surface area (Å²) in [4.78, 5) is 38.5. The number of pyridine rings is 1. The molecule has 3 rings (SSSR count). The number of benzene rings is 2. The quantitative estimate of drug-likeness (QED) is 0.529. The summed E-state index contributed by atoms with van der Waals surface area (Å²) in [6.07, 6.45) is 0. The van der Waals surface area contributed by atoms with Crippen LogP contribution in [-0.4, -0.2) is 21.9 Å². The van der Waals surface area contributed by atoms with Crippen LogP contribution in [0.1, 0.15) is 20.7 Å². The molecule has 126 valence electrons. The van der Waals surface area contributed by atoms with Crippen LogP contribution < -0.4 is 16.4 Å². The van der Waals surface area contributed by atoms with Crippen molar-refractivity contribution in [1.29, 1.82) is 0 Å². The number of hydrogen-bond acceptors (Lipinski definition) is 4. The highest BCUT2D eigenvalue weighted by atomic mass is 19.1. The van der Waals surface area contributed by atoms with Gasteiger partial charge >= 0.3 is 0 Å². The summed E-state index contributed by atoms with van der Waals surface area (Å²) >= 11 is 0. The molecule has 0 aliphatic rings. The molecule has 4 N–H and O–H groups in total. The molecule has 0 radical (unpaired) electrons. The van der Waals surface area contributed by atoms with Crippen LogP contribution in [0.15, 0.2) is 53.3 Å². The fourth-order valence-electron chi connectivity index (χ4n) is 2.33. The molecule has 0 atom stereocenters. The number of aromatic nitrogens is 1. The number of nitrogens with one attached hydrogen (secondary N) is 3. The van der Waals surface area contributed by atoms with Crippen molar-refractivity contribution in [2.24, 2.45) is 0 Å². The minimum Gasteiger partial charge on any atom is -0.506 e.